The molecule has 1 aliphatic carbocycles. The van der Waals surface area contributed by atoms with Gasteiger partial charge in [0.15, 0.2) is 0 Å². The van der Waals surface area contributed by atoms with Gasteiger partial charge >= 0.3 is 6.03 Å². The molecule has 3 rings (SSSR count). The molecule has 0 fully saturated rings. The normalized spacial score (nSPS) is 16.0. The molecule has 6 nitrogen and oxygen atoms in total. The van der Waals surface area contributed by atoms with Crippen molar-refractivity contribution in [2.24, 2.45) is 0 Å². The van der Waals surface area contributed by atoms with Gasteiger partial charge in [-0.05, 0) is 42.2 Å². The van der Waals surface area contributed by atoms with Crippen molar-refractivity contribution < 1.29 is 14.6 Å². The summed E-state index contributed by atoms with van der Waals surface area (Å²) in [5, 5.41) is 15.2. The summed E-state index contributed by atoms with van der Waals surface area (Å²) in [6.45, 7) is 0.375. The van der Waals surface area contributed by atoms with Gasteiger partial charge in [0.25, 0.3) is 0 Å². The van der Waals surface area contributed by atoms with E-state index < -0.39 is 0 Å². The molecule has 1 unspecified atom stereocenters. The fourth-order valence-corrected chi connectivity index (χ4v) is 2.77. The van der Waals surface area contributed by atoms with Crippen LogP contribution in [0.15, 0.2) is 36.5 Å². The topological polar surface area (TPSA) is 83.5 Å². The largest absolute Gasteiger partial charge is 0.392 e. The third-order valence-corrected chi connectivity index (χ3v) is 3.80. The Kier molecular flexibility index (Phi) is 4.55. The van der Waals surface area contributed by atoms with Crippen LogP contribution in [0.3, 0.4) is 0 Å². The molecule has 1 aromatic heterocycles. The number of anilines is 2. The van der Waals surface area contributed by atoms with Crippen molar-refractivity contribution in [1.29, 1.82) is 0 Å². The zero-order valence-corrected chi connectivity index (χ0v) is 12.9. The summed E-state index contributed by atoms with van der Waals surface area (Å²) in [6, 6.07) is 8.97. The average molecular weight is 313 g/mol. The fourth-order valence-electron chi connectivity index (χ4n) is 2.77. The minimum absolute atomic E-state index is 0.320. The number of methoxy groups -OCH3 is 1. The molecule has 0 aliphatic heterocycles. The van der Waals surface area contributed by atoms with E-state index in [-0.39, 0.29) is 12.1 Å². The van der Waals surface area contributed by atoms with Gasteiger partial charge in [-0.2, -0.15) is 0 Å². The highest BCUT2D eigenvalue weighted by Crippen LogP contribution is 2.25. The van der Waals surface area contributed by atoms with Crippen molar-refractivity contribution in [2.75, 3.05) is 17.7 Å². The van der Waals surface area contributed by atoms with E-state index in [1.807, 2.05) is 24.3 Å². The quantitative estimate of drug-likeness (QED) is 0.809. The van der Waals surface area contributed by atoms with Gasteiger partial charge in [-0.1, -0.05) is 12.1 Å². The van der Waals surface area contributed by atoms with Crippen molar-refractivity contribution >= 4 is 17.5 Å². The zero-order chi connectivity index (χ0) is 16.2. The van der Waals surface area contributed by atoms with Crippen LogP contribution in [0.1, 0.15) is 16.7 Å². The number of aliphatic hydroxyl groups excluding tert-OH is 1. The van der Waals surface area contributed by atoms with Gasteiger partial charge in [-0.15, -0.1) is 0 Å². The predicted octanol–water partition coefficient (Wildman–Crippen LogP) is 2.33. The highest BCUT2D eigenvalue weighted by atomic mass is 16.5. The lowest BCUT2D eigenvalue weighted by molar-refractivity contribution is 0.185. The van der Waals surface area contributed by atoms with Crippen LogP contribution in [-0.4, -0.2) is 29.3 Å². The lowest BCUT2D eigenvalue weighted by atomic mass is 10.1. The number of amides is 2. The van der Waals surface area contributed by atoms with Crippen LogP contribution in [0.2, 0.25) is 0 Å². The van der Waals surface area contributed by atoms with Crippen molar-refractivity contribution in [1.82, 2.24) is 4.98 Å². The molecule has 6 heteroatoms. The molecule has 23 heavy (non-hydrogen) atoms. The average Bonchev–Trinajstić information content (AvgIpc) is 2.89. The van der Waals surface area contributed by atoms with Crippen LogP contribution < -0.4 is 10.6 Å². The summed E-state index contributed by atoms with van der Waals surface area (Å²) in [6.07, 6.45) is 2.60. The molecule has 1 aliphatic rings. The van der Waals surface area contributed by atoms with E-state index in [1.54, 1.807) is 19.4 Å². The second-order valence-electron chi connectivity index (χ2n) is 5.57. The third kappa shape index (κ3) is 3.67. The summed E-state index contributed by atoms with van der Waals surface area (Å²) >= 11 is 0. The molecule has 0 spiro atoms. The number of nitrogens with zero attached hydrogens (tertiary/aromatic N) is 1. The highest BCUT2D eigenvalue weighted by molar-refractivity contribution is 5.99. The third-order valence-electron chi connectivity index (χ3n) is 3.80. The van der Waals surface area contributed by atoms with Crippen LogP contribution in [0, 0.1) is 0 Å². The first-order chi connectivity index (χ1) is 11.2. The minimum Gasteiger partial charge on any atom is -0.392 e. The summed E-state index contributed by atoms with van der Waals surface area (Å²) < 4.78 is 5.09. The number of fused-ring (bicyclic) bond motifs is 1. The number of carbonyl (C=O) groups is 1. The SMILES string of the molecule is COCc1cccnc1NC(=O)Nc1ccc2c(c1)CC(O)C2. The Morgan fingerprint density at radius 3 is 2.96 bits per heavy atom. The number of urea groups is 1. The van der Waals surface area contributed by atoms with E-state index in [2.05, 4.69) is 15.6 Å². The molecule has 1 atom stereocenters. The van der Waals surface area contributed by atoms with Gasteiger partial charge in [-0.25, -0.2) is 9.78 Å². The van der Waals surface area contributed by atoms with Crippen LogP contribution in [-0.2, 0) is 24.2 Å². The van der Waals surface area contributed by atoms with E-state index >= 15 is 0 Å². The number of hydrogen-bond donors (Lipinski definition) is 3. The Bertz CT molecular complexity index is 718. The Balaban J connectivity index is 1.67. The maximum absolute atomic E-state index is 12.2. The van der Waals surface area contributed by atoms with Gasteiger partial charge < -0.3 is 15.2 Å². The molecule has 2 amide bonds. The Morgan fingerprint density at radius 1 is 1.30 bits per heavy atom. The van der Waals surface area contributed by atoms with Gasteiger partial charge in [0.1, 0.15) is 5.82 Å². The first-order valence-corrected chi connectivity index (χ1v) is 7.46. The highest BCUT2D eigenvalue weighted by Gasteiger charge is 2.19. The van der Waals surface area contributed by atoms with Gasteiger partial charge in [0, 0.05) is 24.6 Å². The van der Waals surface area contributed by atoms with Crippen molar-refractivity contribution in [2.45, 2.75) is 25.6 Å². The molecule has 1 heterocycles. The Hall–Kier alpha value is -2.44. The summed E-state index contributed by atoms with van der Waals surface area (Å²) in [5.41, 5.74) is 3.71. The number of pyridine rings is 1. The van der Waals surface area contributed by atoms with E-state index in [0.717, 1.165) is 16.7 Å². The Morgan fingerprint density at radius 2 is 2.13 bits per heavy atom. The Labute approximate surface area is 134 Å². The zero-order valence-electron chi connectivity index (χ0n) is 12.9. The van der Waals surface area contributed by atoms with Gasteiger partial charge in [0.05, 0.1) is 12.7 Å². The molecule has 0 radical (unpaired) electrons. The lowest BCUT2D eigenvalue weighted by Crippen LogP contribution is -2.21. The maximum Gasteiger partial charge on any atom is 0.324 e. The molecule has 3 N–H and O–H groups in total. The molecular weight excluding hydrogens is 294 g/mol. The van der Waals surface area contributed by atoms with Crippen molar-refractivity contribution in [3.8, 4) is 0 Å². The summed E-state index contributed by atoms with van der Waals surface area (Å²) in [4.78, 5) is 16.3. The molecule has 120 valence electrons. The predicted molar refractivity (Wildman–Crippen MR) is 87.4 cm³/mol. The van der Waals surface area contributed by atoms with Crippen LogP contribution in [0.4, 0.5) is 16.3 Å². The first-order valence-electron chi connectivity index (χ1n) is 7.46. The van der Waals surface area contributed by atoms with Crippen LogP contribution in [0.25, 0.3) is 0 Å². The number of aromatic nitrogens is 1. The van der Waals surface area contributed by atoms with Crippen LogP contribution in [0.5, 0.6) is 0 Å². The smallest absolute Gasteiger partial charge is 0.324 e. The standard InChI is InChI=1S/C17H19N3O3/c1-23-10-12-3-2-6-18-16(12)20-17(22)19-14-5-4-11-8-15(21)9-13(11)7-14/h2-7,15,21H,8-10H2,1H3,(H2,18,19,20,22). The first kappa shape index (κ1) is 15.5. The van der Waals surface area contributed by atoms with Crippen molar-refractivity contribution in [3.05, 3.63) is 53.2 Å². The molecular formula is C17H19N3O3. The van der Waals surface area contributed by atoms with Crippen LogP contribution >= 0.6 is 0 Å². The van der Waals surface area contributed by atoms with E-state index in [1.165, 1.54) is 0 Å². The maximum atomic E-state index is 12.2. The van der Waals surface area contributed by atoms with Gasteiger partial charge in [-0.3, -0.25) is 5.32 Å². The van der Waals surface area contributed by atoms with Gasteiger partial charge in [0.2, 0.25) is 0 Å². The van der Waals surface area contributed by atoms with E-state index in [9.17, 15) is 9.90 Å². The second kappa shape index (κ2) is 6.76. The monoisotopic (exact) mass is 313 g/mol. The summed E-state index contributed by atoms with van der Waals surface area (Å²) in [7, 11) is 1.59. The number of hydrogen-bond acceptors (Lipinski definition) is 4. The molecule has 1 aromatic carbocycles. The molecule has 2 aromatic rings. The molecule has 0 saturated carbocycles. The number of nitrogens with one attached hydrogen (secondary N) is 2. The van der Waals surface area contributed by atoms with E-state index in [4.69, 9.17) is 4.74 Å². The fraction of sp³-hybridized carbons (Fsp3) is 0.294. The second-order valence-corrected chi connectivity index (χ2v) is 5.57. The number of rotatable bonds is 4. The number of carbonyl (C=O) groups excluding carboxylic acids is 1. The number of aliphatic hydroxyl groups is 1. The van der Waals surface area contributed by atoms with Crippen molar-refractivity contribution in [3.63, 3.8) is 0 Å². The minimum atomic E-state index is -0.362. The molecule has 0 bridgehead atoms. The summed E-state index contributed by atoms with van der Waals surface area (Å²) in [5.74, 6) is 0.475. The molecule has 0 saturated heterocycles. The lowest BCUT2D eigenvalue weighted by Gasteiger charge is -2.11. The number of ether oxygens (including phenoxy) is 1. The number of benzene rings is 1. The van der Waals surface area contributed by atoms with E-state index in [0.29, 0.717) is 31.0 Å².